The van der Waals surface area contributed by atoms with Gasteiger partial charge in [-0.3, -0.25) is 0 Å². The molecule has 0 aliphatic carbocycles. The van der Waals surface area contributed by atoms with Crippen LogP contribution in [0.5, 0.6) is 0 Å². The van der Waals surface area contributed by atoms with E-state index in [2.05, 4.69) is 6.92 Å². The Labute approximate surface area is 124 Å². The maximum atomic E-state index is 13.0. The average Bonchev–Trinajstić information content (AvgIpc) is 2.46. The predicted molar refractivity (Wildman–Crippen MR) is 83.7 cm³/mol. The zero-order chi connectivity index (χ0) is 15.2. The van der Waals surface area contributed by atoms with Crippen molar-refractivity contribution in [1.29, 1.82) is 0 Å². The van der Waals surface area contributed by atoms with Crippen molar-refractivity contribution >= 4 is 10.2 Å². The highest BCUT2D eigenvalue weighted by Crippen LogP contribution is 2.24. The van der Waals surface area contributed by atoms with Gasteiger partial charge in [0.2, 0.25) is 0 Å². The Morgan fingerprint density at radius 1 is 1.35 bits per heavy atom. The van der Waals surface area contributed by atoms with E-state index in [-0.39, 0.29) is 12.1 Å². The first-order valence-electron chi connectivity index (χ1n) is 7.97. The van der Waals surface area contributed by atoms with Crippen LogP contribution < -0.4 is 5.73 Å². The van der Waals surface area contributed by atoms with Gasteiger partial charge < -0.3 is 5.73 Å². The van der Waals surface area contributed by atoms with E-state index in [0.717, 1.165) is 38.5 Å². The van der Waals surface area contributed by atoms with Gasteiger partial charge in [0.25, 0.3) is 10.2 Å². The molecule has 2 N–H and O–H groups in total. The number of hydrogen-bond acceptors (Lipinski definition) is 3. The number of nitrogens with zero attached hydrogens (tertiary/aromatic N) is 2. The Kier molecular flexibility index (Phi) is 7.43. The van der Waals surface area contributed by atoms with E-state index in [1.165, 1.54) is 0 Å². The average molecular weight is 305 g/mol. The molecule has 0 saturated carbocycles. The molecule has 5 nitrogen and oxygen atoms in total. The maximum Gasteiger partial charge on any atom is 0.282 e. The summed E-state index contributed by atoms with van der Waals surface area (Å²) in [6.45, 7) is 7.77. The molecule has 120 valence electrons. The Morgan fingerprint density at radius 2 is 2.05 bits per heavy atom. The van der Waals surface area contributed by atoms with Gasteiger partial charge in [0.1, 0.15) is 0 Å². The molecule has 1 saturated heterocycles. The van der Waals surface area contributed by atoms with Gasteiger partial charge in [0, 0.05) is 31.7 Å². The van der Waals surface area contributed by atoms with Crippen molar-refractivity contribution in [2.75, 3.05) is 19.6 Å². The standard InChI is InChI=1S/C14H31N3O2S/c1-4-6-10-16(13(3)5-2)20(18,19)17-11-8-7-9-14(17)12-15/h13-14H,4-12,15H2,1-3H3. The van der Waals surface area contributed by atoms with Gasteiger partial charge in [-0.1, -0.05) is 26.7 Å². The van der Waals surface area contributed by atoms with Gasteiger partial charge in [-0.25, -0.2) is 0 Å². The minimum Gasteiger partial charge on any atom is -0.329 e. The molecule has 0 aromatic rings. The lowest BCUT2D eigenvalue weighted by molar-refractivity contribution is 0.220. The highest BCUT2D eigenvalue weighted by Gasteiger charge is 2.37. The summed E-state index contributed by atoms with van der Waals surface area (Å²) in [7, 11) is -3.38. The molecule has 2 atom stereocenters. The molecule has 0 amide bonds. The third-order valence-corrected chi connectivity index (χ3v) is 6.46. The summed E-state index contributed by atoms with van der Waals surface area (Å²) in [5, 5.41) is 0. The molecule has 1 aliphatic rings. The normalized spacial score (nSPS) is 23.1. The van der Waals surface area contributed by atoms with Crippen LogP contribution in [0, 0.1) is 0 Å². The first-order valence-corrected chi connectivity index (χ1v) is 9.37. The Bertz CT molecular complexity index is 373. The van der Waals surface area contributed by atoms with Gasteiger partial charge in [-0.05, 0) is 32.6 Å². The van der Waals surface area contributed by atoms with Crippen LogP contribution in [-0.4, -0.2) is 48.7 Å². The highest BCUT2D eigenvalue weighted by molar-refractivity contribution is 7.86. The van der Waals surface area contributed by atoms with E-state index in [4.69, 9.17) is 5.73 Å². The quantitative estimate of drug-likeness (QED) is 0.745. The van der Waals surface area contributed by atoms with Crippen LogP contribution in [0.1, 0.15) is 59.3 Å². The lowest BCUT2D eigenvalue weighted by atomic mass is 10.1. The lowest BCUT2D eigenvalue weighted by Gasteiger charge is -2.39. The van der Waals surface area contributed by atoms with Crippen molar-refractivity contribution in [2.24, 2.45) is 5.73 Å². The molecule has 20 heavy (non-hydrogen) atoms. The summed E-state index contributed by atoms with van der Waals surface area (Å²) < 4.78 is 29.3. The second kappa shape index (κ2) is 8.32. The Hall–Kier alpha value is -0.170. The fourth-order valence-electron chi connectivity index (χ4n) is 2.73. The number of rotatable bonds is 8. The first kappa shape index (κ1) is 17.9. The number of nitrogens with two attached hydrogens (primary N) is 1. The summed E-state index contributed by atoms with van der Waals surface area (Å²) in [6, 6.07) is 0.0221. The fourth-order valence-corrected chi connectivity index (χ4v) is 4.89. The Balaban J connectivity index is 2.95. The van der Waals surface area contributed by atoms with Crippen LogP contribution in [-0.2, 0) is 10.2 Å². The monoisotopic (exact) mass is 305 g/mol. The van der Waals surface area contributed by atoms with E-state index >= 15 is 0 Å². The number of piperidine rings is 1. The molecule has 1 rings (SSSR count). The summed E-state index contributed by atoms with van der Waals surface area (Å²) in [5.41, 5.74) is 5.77. The molecule has 1 fully saturated rings. The first-order chi connectivity index (χ1) is 9.48. The van der Waals surface area contributed by atoms with E-state index in [0.29, 0.717) is 19.6 Å². The van der Waals surface area contributed by atoms with Crippen LogP contribution in [0.2, 0.25) is 0 Å². The van der Waals surface area contributed by atoms with Crippen molar-refractivity contribution in [2.45, 2.75) is 71.4 Å². The smallest absolute Gasteiger partial charge is 0.282 e. The van der Waals surface area contributed by atoms with Crippen LogP contribution in [0.25, 0.3) is 0 Å². The second-order valence-corrected chi connectivity index (χ2v) is 7.56. The van der Waals surface area contributed by atoms with Crippen LogP contribution in [0.15, 0.2) is 0 Å². The minimum absolute atomic E-state index is 0.0260. The summed E-state index contributed by atoms with van der Waals surface area (Å²) >= 11 is 0. The zero-order valence-electron chi connectivity index (χ0n) is 13.2. The van der Waals surface area contributed by atoms with Crippen molar-refractivity contribution in [3.63, 3.8) is 0 Å². The van der Waals surface area contributed by atoms with Crippen molar-refractivity contribution in [3.05, 3.63) is 0 Å². The largest absolute Gasteiger partial charge is 0.329 e. The third kappa shape index (κ3) is 4.16. The third-order valence-electron chi connectivity index (χ3n) is 4.25. The molecular weight excluding hydrogens is 274 g/mol. The van der Waals surface area contributed by atoms with E-state index in [1.54, 1.807) is 8.61 Å². The minimum atomic E-state index is -3.38. The van der Waals surface area contributed by atoms with E-state index in [9.17, 15) is 8.42 Å². The molecule has 1 aliphatic heterocycles. The molecule has 0 aromatic carbocycles. The van der Waals surface area contributed by atoms with Gasteiger partial charge in [-0.15, -0.1) is 0 Å². The van der Waals surface area contributed by atoms with Crippen molar-refractivity contribution < 1.29 is 8.42 Å². The van der Waals surface area contributed by atoms with E-state index in [1.807, 2.05) is 13.8 Å². The number of hydrogen-bond donors (Lipinski definition) is 1. The number of unbranched alkanes of at least 4 members (excludes halogenated alkanes) is 1. The SMILES string of the molecule is CCCCN(C(C)CC)S(=O)(=O)N1CCCCC1CN. The molecule has 0 spiro atoms. The summed E-state index contributed by atoms with van der Waals surface area (Å²) in [6.07, 6.45) is 5.65. The highest BCUT2D eigenvalue weighted by atomic mass is 32.2. The van der Waals surface area contributed by atoms with Crippen molar-refractivity contribution in [1.82, 2.24) is 8.61 Å². The maximum absolute atomic E-state index is 13.0. The van der Waals surface area contributed by atoms with E-state index < -0.39 is 10.2 Å². The summed E-state index contributed by atoms with van der Waals surface area (Å²) in [4.78, 5) is 0. The lowest BCUT2D eigenvalue weighted by Crippen LogP contribution is -2.55. The van der Waals surface area contributed by atoms with Crippen LogP contribution in [0.3, 0.4) is 0 Å². The van der Waals surface area contributed by atoms with Crippen LogP contribution >= 0.6 is 0 Å². The fraction of sp³-hybridized carbons (Fsp3) is 1.00. The molecule has 0 bridgehead atoms. The second-order valence-electron chi connectivity index (χ2n) is 5.73. The topological polar surface area (TPSA) is 66.6 Å². The zero-order valence-corrected chi connectivity index (χ0v) is 14.0. The Morgan fingerprint density at radius 3 is 2.60 bits per heavy atom. The summed E-state index contributed by atoms with van der Waals surface area (Å²) in [5.74, 6) is 0. The van der Waals surface area contributed by atoms with Gasteiger partial charge >= 0.3 is 0 Å². The van der Waals surface area contributed by atoms with Gasteiger partial charge in [0.05, 0.1) is 0 Å². The molecular formula is C14H31N3O2S. The molecule has 2 unspecified atom stereocenters. The molecule has 0 aromatic heterocycles. The van der Waals surface area contributed by atoms with Gasteiger partial charge in [-0.2, -0.15) is 17.0 Å². The van der Waals surface area contributed by atoms with Gasteiger partial charge in [0.15, 0.2) is 0 Å². The predicted octanol–water partition coefficient (Wildman–Crippen LogP) is 1.95. The van der Waals surface area contributed by atoms with Crippen molar-refractivity contribution in [3.8, 4) is 0 Å². The molecule has 0 radical (unpaired) electrons. The molecule has 6 heteroatoms. The van der Waals surface area contributed by atoms with Crippen LogP contribution in [0.4, 0.5) is 0 Å². The molecule has 1 heterocycles.